The first-order valence-corrected chi connectivity index (χ1v) is 7.70. The Balaban J connectivity index is 1.68. The smallest absolute Gasteiger partial charge is 0.255 e. The summed E-state index contributed by atoms with van der Waals surface area (Å²) in [5.41, 5.74) is 2.61. The maximum atomic E-state index is 12.4. The molecular weight excluding hydrogens is 318 g/mol. The summed E-state index contributed by atoms with van der Waals surface area (Å²) < 4.78 is 1.71. The van der Waals surface area contributed by atoms with Crippen LogP contribution in [0.4, 0.5) is 5.69 Å². The van der Waals surface area contributed by atoms with E-state index in [1.165, 1.54) is 6.33 Å². The van der Waals surface area contributed by atoms with Crippen LogP contribution in [-0.4, -0.2) is 33.6 Å². The van der Waals surface area contributed by atoms with Gasteiger partial charge in [0.1, 0.15) is 12.7 Å². The molecule has 0 spiro atoms. The maximum absolute atomic E-state index is 12.4. The minimum absolute atomic E-state index is 0.200. The molecule has 2 aromatic carbocycles. The Kier molecular flexibility index (Phi) is 4.84. The molecule has 1 aromatic heterocycles. The second-order valence-electron chi connectivity index (χ2n) is 5.40. The third-order valence-electron chi connectivity index (χ3n) is 3.64. The first-order chi connectivity index (χ1) is 12.2. The summed E-state index contributed by atoms with van der Waals surface area (Å²) in [4.78, 5) is 27.9. The van der Waals surface area contributed by atoms with Crippen LogP contribution < -0.4 is 10.6 Å². The van der Waals surface area contributed by atoms with E-state index in [0.29, 0.717) is 23.4 Å². The zero-order valence-electron chi connectivity index (χ0n) is 13.6. The van der Waals surface area contributed by atoms with Gasteiger partial charge in [-0.05, 0) is 35.9 Å². The van der Waals surface area contributed by atoms with Crippen molar-refractivity contribution >= 4 is 17.5 Å². The largest absolute Gasteiger partial charge is 0.355 e. The summed E-state index contributed by atoms with van der Waals surface area (Å²) in [5.74, 6) is -0.435. The number of hydrogen-bond acceptors (Lipinski definition) is 4. The van der Waals surface area contributed by atoms with E-state index in [4.69, 9.17) is 0 Å². The van der Waals surface area contributed by atoms with Crippen molar-refractivity contribution < 1.29 is 9.59 Å². The highest BCUT2D eigenvalue weighted by atomic mass is 16.2. The quantitative estimate of drug-likeness (QED) is 0.746. The second kappa shape index (κ2) is 7.39. The minimum atomic E-state index is -0.235. The van der Waals surface area contributed by atoms with Gasteiger partial charge in [-0.2, -0.15) is 5.10 Å². The van der Waals surface area contributed by atoms with Gasteiger partial charge in [-0.25, -0.2) is 9.67 Å². The fourth-order valence-corrected chi connectivity index (χ4v) is 2.35. The van der Waals surface area contributed by atoms with Crippen LogP contribution in [0.25, 0.3) is 0 Å². The van der Waals surface area contributed by atoms with Gasteiger partial charge in [-0.15, -0.1) is 0 Å². The van der Waals surface area contributed by atoms with E-state index in [0.717, 1.165) is 5.56 Å². The fraction of sp³-hybridized carbons (Fsp3) is 0.111. The molecule has 3 aromatic rings. The average Bonchev–Trinajstić information content (AvgIpc) is 3.15. The van der Waals surface area contributed by atoms with Crippen LogP contribution in [0.2, 0.25) is 0 Å². The Labute approximate surface area is 144 Å². The molecule has 0 radical (unpaired) electrons. The lowest BCUT2D eigenvalue weighted by Gasteiger charge is -2.08. The molecule has 0 atom stereocenters. The Morgan fingerprint density at radius 3 is 2.52 bits per heavy atom. The lowest BCUT2D eigenvalue weighted by atomic mass is 10.1. The van der Waals surface area contributed by atoms with Crippen LogP contribution >= 0.6 is 0 Å². The number of amides is 2. The molecule has 7 heteroatoms. The summed E-state index contributed by atoms with van der Waals surface area (Å²) in [7, 11) is 1.56. The van der Waals surface area contributed by atoms with E-state index < -0.39 is 0 Å². The van der Waals surface area contributed by atoms with Gasteiger partial charge in [0.15, 0.2) is 0 Å². The normalized spacial score (nSPS) is 10.3. The van der Waals surface area contributed by atoms with E-state index in [1.54, 1.807) is 54.5 Å². The molecule has 0 aliphatic heterocycles. The van der Waals surface area contributed by atoms with Gasteiger partial charge in [0.05, 0.1) is 6.54 Å². The predicted octanol–water partition coefficient (Wildman–Crippen LogP) is 1.94. The highest BCUT2D eigenvalue weighted by Gasteiger charge is 2.08. The Bertz CT molecular complexity index is 873. The van der Waals surface area contributed by atoms with Gasteiger partial charge >= 0.3 is 0 Å². The van der Waals surface area contributed by atoms with Crippen molar-refractivity contribution in [3.05, 3.63) is 77.9 Å². The van der Waals surface area contributed by atoms with Gasteiger partial charge in [0.2, 0.25) is 0 Å². The van der Waals surface area contributed by atoms with Gasteiger partial charge in [-0.3, -0.25) is 9.59 Å². The molecular formula is C18H17N5O2. The monoisotopic (exact) mass is 335 g/mol. The average molecular weight is 335 g/mol. The van der Waals surface area contributed by atoms with Crippen LogP contribution in [0.3, 0.4) is 0 Å². The molecule has 0 unspecified atom stereocenters. The minimum Gasteiger partial charge on any atom is -0.355 e. The summed E-state index contributed by atoms with van der Waals surface area (Å²) in [6.45, 7) is 0.593. The summed E-state index contributed by atoms with van der Waals surface area (Å²) in [5, 5.41) is 9.40. The predicted molar refractivity (Wildman–Crippen MR) is 93.4 cm³/mol. The molecule has 0 bridgehead atoms. The Morgan fingerprint density at radius 2 is 1.84 bits per heavy atom. The number of nitrogens with one attached hydrogen (secondary N) is 2. The maximum Gasteiger partial charge on any atom is 0.255 e. The molecule has 2 amide bonds. The molecule has 0 fully saturated rings. The molecule has 0 saturated heterocycles. The van der Waals surface area contributed by atoms with Crippen LogP contribution in [0.1, 0.15) is 26.3 Å². The van der Waals surface area contributed by atoms with Crippen molar-refractivity contribution in [2.24, 2.45) is 0 Å². The standard InChI is InChI=1S/C18H17N5O2/c1-19-17(24)15-3-2-4-16(9-15)22-18(25)14-7-5-13(6-8-14)10-23-12-20-11-21-23/h2-9,11-12H,10H2,1H3,(H,19,24)(H,22,25). The van der Waals surface area contributed by atoms with Crippen LogP contribution in [0, 0.1) is 0 Å². The fourth-order valence-electron chi connectivity index (χ4n) is 2.35. The first-order valence-electron chi connectivity index (χ1n) is 7.70. The van der Waals surface area contributed by atoms with Gasteiger partial charge in [-0.1, -0.05) is 18.2 Å². The first kappa shape index (κ1) is 16.4. The third-order valence-corrected chi connectivity index (χ3v) is 3.64. The van der Waals surface area contributed by atoms with E-state index in [2.05, 4.69) is 20.7 Å². The van der Waals surface area contributed by atoms with Crippen LogP contribution in [0.15, 0.2) is 61.2 Å². The number of nitrogens with zero attached hydrogens (tertiary/aromatic N) is 3. The van der Waals surface area contributed by atoms with Crippen LogP contribution in [0.5, 0.6) is 0 Å². The number of aromatic nitrogens is 3. The Hall–Kier alpha value is -3.48. The van der Waals surface area contributed by atoms with Crippen molar-refractivity contribution in [2.75, 3.05) is 12.4 Å². The van der Waals surface area contributed by atoms with Gasteiger partial charge < -0.3 is 10.6 Å². The number of rotatable bonds is 5. The number of benzene rings is 2. The van der Waals surface area contributed by atoms with Crippen molar-refractivity contribution in [2.45, 2.75) is 6.54 Å². The van der Waals surface area contributed by atoms with Gasteiger partial charge in [0, 0.05) is 23.9 Å². The number of carbonyl (C=O) groups is 2. The molecule has 0 saturated carbocycles. The summed E-state index contributed by atoms with van der Waals surface area (Å²) in [6, 6.07) is 14.0. The van der Waals surface area contributed by atoms with E-state index in [1.807, 2.05) is 12.1 Å². The molecule has 2 N–H and O–H groups in total. The highest BCUT2D eigenvalue weighted by molar-refractivity contribution is 6.05. The molecule has 0 aliphatic rings. The Morgan fingerprint density at radius 1 is 1.04 bits per heavy atom. The molecule has 25 heavy (non-hydrogen) atoms. The lowest BCUT2D eigenvalue weighted by molar-refractivity contribution is 0.0961. The van der Waals surface area contributed by atoms with E-state index in [-0.39, 0.29) is 11.8 Å². The van der Waals surface area contributed by atoms with Gasteiger partial charge in [0.25, 0.3) is 11.8 Å². The topological polar surface area (TPSA) is 88.9 Å². The number of carbonyl (C=O) groups excluding carboxylic acids is 2. The summed E-state index contributed by atoms with van der Waals surface area (Å²) in [6.07, 6.45) is 3.12. The van der Waals surface area contributed by atoms with Crippen LogP contribution in [-0.2, 0) is 6.54 Å². The SMILES string of the molecule is CNC(=O)c1cccc(NC(=O)c2ccc(Cn3cncn3)cc2)c1. The lowest BCUT2D eigenvalue weighted by Crippen LogP contribution is -2.18. The molecule has 1 heterocycles. The van der Waals surface area contributed by atoms with E-state index >= 15 is 0 Å². The van der Waals surface area contributed by atoms with Crippen molar-refractivity contribution in [3.8, 4) is 0 Å². The van der Waals surface area contributed by atoms with Crippen molar-refractivity contribution in [1.29, 1.82) is 0 Å². The molecule has 126 valence electrons. The van der Waals surface area contributed by atoms with Crippen molar-refractivity contribution in [3.63, 3.8) is 0 Å². The zero-order valence-corrected chi connectivity index (χ0v) is 13.6. The molecule has 7 nitrogen and oxygen atoms in total. The van der Waals surface area contributed by atoms with Crippen molar-refractivity contribution in [1.82, 2.24) is 20.1 Å². The molecule has 3 rings (SSSR count). The van der Waals surface area contributed by atoms with E-state index in [9.17, 15) is 9.59 Å². The number of anilines is 1. The summed E-state index contributed by atoms with van der Waals surface area (Å²) >= 11 is 0. The zero-order chi connectivity index (χ0) is 17.6. The number of hydrogen-bond donors (Lipinski definition) is 2. The molecule has 0 aliphatic carbocycles. The third kappa shape index (κ3) is 4.08. The second-order valence-corrected chi connectivity index (χ2v) is 5.40. The highest BCUT2D eigenvalue weighted by Crippen LogP contribution is 2.13.